The van der Waals surface area contributed by atoms with Gasteiger partial charge in [-0.1, -0.05) is 41.5 Å². The van der Waals surface area contributed by atoms with E-state index in [1.165, 1.54) is 25.6 Å². The number of aromatic nitrogens is 2. The lowest BCUT2D eigenvalue weighted by Crippen LogP contribution is -2.51. The molecule has 0 aliphatic heterocycles. The zero-order valence-corrected chi connectivity index (χ0v) is 18.3. The molecule has 2 heterocycles. The van der Waals surface area contributed by atoms with Crippen molar-refractivity contribution in [3.8, 4) is 0 Å². The first kappa shape index (κ1) is 21.1. The number of hydrogen-bond acceptors (Lipinski definition) is 4. The van der Waals surface area contributed by atoms with E-state index in [9.17, 15) is 9.59 Å². The van der Waals surface area contributed by atoms with E-state index in [2.05, 4.69) is 50.8 Å². The van der Waals surface area contributed by atoms with Gasteiger partial charge in [0.25, 0.3) is 0 Å². The fourth-order valence-electron chi connectivity index (χ4n) is 4.69. The summed E-state index contributed by atoms with van der Waals surface area (Å²) in [6, 6.07) is 3.37. The van der Waals surface area contributed by atoms with Crippen molar-refractivity contribution in [1.29, 1.82) is 0 Å². The Balaban J connectivity index is 2.52. The Bertz CT molecular complexity index is 803. The van der Waals surface area contributed by atoms with E-state index in [0.717, 1.165) is 0 Å². The summed E-state index contributed by atoms with van der Waals surface area (Å²) in [4.78, 5) is 29.1. The first-order valence-corrected chi connectivity index (χ1v) is 11.6. The number of pyridine rings is 1. The summed E-state index contributed by atoms with van der Waals surface area (Å²) in [5.74, 6) is -0.739. The highest BCUT2D eigenvalue weighted by atomic mass is 28.3. The van der Waals surface area contributed by atoms with Crippen LogP contribution in [-0.4, -0.2) is 36.3 Å². The highest BCUT2D eigenvalue weighted by Gasteiger charge is 2.45. The smallest absolute Gasteiger partial charge is 0.338 e. The molecule has 2 aromatic heterocycles. The van der Waals surface area contributed by atoms with Crippen LogP contribution in [0.5, 0.6) is 0 Å². The summed E-state index contributed by atoms with van der Waals surface area (Å²) in [6.07, 6.45) is 6.92. The molecule has 0 amide bonds. The van der Waals surface area contributed by atoms with Crippen molar-refractivity contribution in [3.63, 3.8) is 0 Å². The van der Waals surface area contributed by atoms with E-state index >= 15 is 0 Å². The zero-order valence-electron chi connectivity index (χ0n) is 17.3. The molecule has 0 bridgehead atoms. The van der Waals surface area contributed by atoms with E-state index in [4.69, 9.17) is 4.74 Å². The quantitative estimate of drug-likeness (QED) is 0.385. The minimum absolute atomic E-state index is 0.207. The Morgan fingerprint density at radius 3 is 2.11 bits per heavy atom. The van der Waals surface area contributed by atoms with Crippen LogP contribution in [0.15, 0.2) is 36.9 Å². The number of rotatable bonds is 7. The molecule has 5 nitrogen and oxygen atoms in total. The second-order valence-electron chi connectivity index (χ2n) is 7.90. The van der Waals surface area contributed by atoms with Gasteiger partial charge >= 0.3 is 5.97 Å². The zero-order chi connectivity index (χ0) is 20.4. The predicted molar refractivity (Wildman–Crippen MR) is 110 cm³/mol. The van der Waals surface area contributed by atoms with E-state index in [-0.39, 0.29) is 16.9 Å². The molecular weight excluding hydrogens is 356 g/mol. The fraction of sp³-hybridized carbons (Fsp3) is 0.476. The minimum atomic E-state index is -1.91. The number of hydrogen-bond donors (Lipinski definition) is 0. The van der Waals surface area contributed by atoms with Crippen LogP contribution in [0.4, 0.5) is 0 Å². The van der Waals surface area contributed by atoms with Gasteiger partial charge in [-0.3, -0.25) is 9.78 Å². The van der Waals surface area contributed by atoms with E-state index in [1.54, 1.807) is 0 Å². The molecule has 0 saturated heterocycles. The number of carbonyl (C=O) groups is 2. The summed E-state index contributed by atoms with van der Waals surface area (Å²) in [5, 5.41) is 0. The summed E-state index contributed by atoms with van der Waals surface area (Å²) >= 11 is 0. The molecule has 0 aliphatic rings. The SMILES string of the molecule is COC(=O)c1ccncc1C(=O)c1ccn([Si](C(C)C)(C(C)C)C(C)C)c1. The molecule has 0 saturated carbocycles. The molecular formula is C21H30N2O3Si. The van der Waals surface area contributed by atoms with Gasteiger partial charge in [0.2, 0.25) is 0 Å². The Kier molecular flexibility index (Phi) is 6.41. The number of carbonyl (C=O) groups excluding carboxylic acids is 2. The van der Waals surface area contributed by atoms with Gasteiger partial charge in [-0.2, -0.15) is 0 Å². The molecule has 0 atom stereocenters. The highest BCUT2D eigenvalue weighted by Crippen LogP contribution is 2.42. The third-order valence-corrected chi connectivity index (χ3v) is 12.4. The van der Waals surface area contributed by atoms with Crippen LogP contribution in [-0.2, 0) is 4.74 Å². The van der Waals surface area contributed by atoms with Crippen LogP contribution in [0.2, 0.25) is 16.6 Å². The van der Waals surface area contributed by atoms with E-state index in [0.29, 0.717) is 22.2 Å². The molecule has 2 aromatic rings. The monoisotopic (exact) mass is 386 g/mol. The Morgan fingerprint density at radius 1 is 1.00 bits per heavy atom. The van der Waals surface area contributed by atoms with Crippen molar-refractivity contribution in [3.05, 3.63) is 53.6 Å². The molecule has 27 heavy (non-hydrogen) atoms. The van der Waals surface area contributed by atoms with Gasteiger partial charge in [-0.25, -0.2) is 4.79 Å². The molecule has 0 N–H and O–H groups in total. The topological polar surface area (TPSA) is 61.2 Å². The lowest BCUT2D eigenvalue weighted by molar-refractivity contribution is 0.0597. The minimum Gasteiger partial charge on any atom is -0.465 e. The van der Waals surface area contributed by atoms with Gasteiger partial charge in [0.1, 0.15) is 0 Å². The van der Waals surface area contributed by atoms with E-state index in [1.807, 2.05) is 18.5 Å². The summed E-state index contributed by atoms with van der Waals surface area (Å²) in [6.45, 7) is 13.7. The van der Waals surface area contributed by atoms with Gasteiger partial charge in [-0.05, 0) is 35.0 Å². The molecule has 0 fully saturated rings. The van der Waals surface area contributed by atoms with Gasteiger partial charge in [0, 0.05) is 24.2 Å². The Morgan fingerprint density at radius 2 is 1.59 bits per heavy atom. The Labute approximate surface area is 162 Å². The number of methoxy groups -OCH3 is 1. The van der Waals surface area contributed by atoms with Crippen LogP contribution in [0.25, 0.3) is 0 Å². The standard InChI is InChI=1S/C21H30N2O3Si/c1-14(2)27(15(3)4,16(5)6)23-11-9-17(13-23)20(24)19-12-22-10-8-18(19)21(25)26-7/h8-16H,1-7H3. The van der Waals surface area contributed by atoms with Crippen molar-refractivity contribution in [2.75, 3.05) is 7.11 Å². The van der Waals surface area contributed by atoms with Crippen LogP contribution >= 0.6 is 0 Å². The third kappa shape index (κ3) is 3.63. The average molecular weight is 387 g/mol. The van der Waals surface area contributed by atoms with Gasteiger partial charge in [-0.15, -0.1) is 0 Å². The van der Waals surface area contributed by atoms with Crippen LogP contribution in [0.1, 0.15) is 67.8 Å². The molecule has 146 valence electrons. The Hall–Kier alpha value is -2.21. The predicted octanol–water partition coefficient (Wildman–Crippen LogP) is 4.92. The first-order valence-electron chi connectivity index (χ1n) is 9.43. The average Bonchev–Trinajstić information content (AvgIpc) is 3.10. The molecule has 0 aliphatic carbocycles. The van der Waals surface area contributed by atoms with Crippen molar-refractivity contribution in [2.45, 2.75) is 58.2 Å². The van der Waals surface area contributed by atoms with Crippen LogP contribution < -0.4 is 0 Å². The van der Waals surface area contributed by atoms with Gasteiger partial charge in [0.15, 0.2) is 14.0 Å². The molecule has 6 heteroatoms. The number of ketones is 1. The fourth-order valence-corrected chi connectivity index (χ4v) is 11.2. The lowest BCUT2D eigenvalue weighted by Gasteiger charge is -2.44. The third-order valence-electron chi connectivity index (χ3n) is 5.65. The second kappa shape index (κ2) is 8.21. The number of esters is 1. The molecule has 2 rings (SSSR count). The summed E-state index contributed by atoms with van der Waals surface area (Å²) in [7, 11) is -0.608. The van der Waals surface area contributed by atoms with Gasteiger partial charge in [0.05, 0.1) is 18.2 Å². The van der Waals surface area contributed by atoms with Gasteiger partial charge < -0.3 is 8.97 Å². The number of nitrogens with zero attached hydrogens (tertiary/aromatic N) is 2. The molecule has 0 radical (unpaired) electrons. The van der Waals surface area contributed by atoms with Crippen molar-refractivity contribution >= 4 is 20.0 Å². The van der Waals surface area contributed by atoms with E-state index < -0.39 is 14.2 Å². The number of ether oxygens (including phenoxy) is 1. The molecule has 0 aromatic carbocycles. The van der Waals surface area contributed by atoms with Crippen LogP contribution in [0, 0.1) is 0 Å². The van der Waals surface area contributed by atoms with Crippen LogP contribution in [0.3, 0.4) is 0 Å². The van der Waals surface area contributed by atoms with Crippen molar-refractivity contribution < 1.29 is 14.3 Å². The first-order chi connectivity index (χ1) is 12.7. The van der Waals surface area contributed by atoms with Crippen molar-refractivity contribution in [1.82, 2.24) is 9.22 Å². The van der Waals surface area contributed by atoms with Crippen molar-refractivity contribution in [2.24, 2.45) is 0 Å². The maximum absolute atomic E-state index is 13.1. The highest BCUT2D eigenvalue weighted by molar-refractivity contribution is 6.82. The lowest BCUT2D eigenvalue weighted by atomic mass is 10.0. The maximum Gasteiger partial charge on any atom is 0.338 e. The summed E-state index contributed by atoms with van der Waals surface area (Å²) in [5.41, 5.74) is 2.66. The molecule has 0 spiro atoms. The maximum atomic E-state index is 13.1. The second-order valence-corrected chi connectivity index (χ2v) is 13.7. The summed E-state index contributed by atoms with van der Waals surface area (Å²) < 4.78 is 7.11. The molecule has 0 unspecified atom stereocenters. The largest absolute Gasteiger partial charge is 0.465 e. The normalized spacial score (nSPS) is 12.1.